The van der Waals surface area contributed by atoms with Crippen molar-refractivity contribution in [2.45, 2.75) is 23.9 Å². The summed E-state index contributed by atoms with van der Waals surface area (Å²) in [5, 5.41) is 13.2. The molecule has 0 aromatic heterocycles. The fourth-order valence-corrected chi connectivity index (χ4v) is 5.58. The summed E-state index contributed by atoms with van der Waals surface area (Å²) in [6, 6.07) is 1.79. The summed E-state index contributed by atoms with van der Waals surface area (Å²) < 4.78 is 28.9. The zero-order valence-electron chi connectivity index (χ0n) is 15.5. The van der Waals surface area contributed by atoms with E-state index in [0.29, 0.717) is 0 Å². The van der Waals surface area contributed by atoms with E-state index in [1.165, 1.54) is 23.1 Å². The first kappa shape index (κ1) is 21.5. The Morgan fingerprint density at radius 2 is 2.17 bits per heavy atom. The molecule has 3 aliphatic rings. The summed E-state index contributed by atoms with van der Waals surface area (Å²) in [4.78, 5) is 36.8. The second-order valence-electron chi connectivity index (χ2n) is 7.58. The molecule has 0 saturated carbocycles. The molecule has 0 aliphatic carbocycles. The van der Waals surface area contributed by atoms with Gasteiger partial charge in [-0.3, -0.25) is 14.6 Å². The average molecular weight is 463 g/mol. The van der Waals surface area contributed by atoms with Crippen LogP contribution in [0.2, 0.25) is 10.0 Å². The Labute approximate surface area is 180 Å². The third-order valence-electron chi connectivity index (χ3n) is 5.99. The Morgan fingerprint density at radius 3 is 2.83 bits per heavy atom. The third kappa shape index (κ3) is 2.95. The molecular weight excluding hydrogens is 445 g/mol. The van der Waals surface area contributed by atoms with E-state index in [1.54, 1.807) is 0 Å². The molecule has 1 spiro atoms. The maximum absolute atomic E-state index is 14.5. The van der Waals surface area contributed by atoms with E-state index in [0.717, 1.165) is 0 Å². The number of carbonyl (C=O) groups excluding carboxylic acids is 2. The van der Waals surface area contributed by atoms with Crippen LogP contribution in [0, 0.1) is 11.8 Å². The van der Waals surface area contributed by atoms with E-state index in [9.17, 15) is 23.5 Å². The van der Waals surface area contributed by atoms with Gasteiger partial charge in [-0.15, -0.1) is 6.58 Å². The van der Waals surface area contributed by atoms with Crippen molar-refractivity contribution in [3.63, 3.8) is 0 Å². The molecule has 7 nitrogen and oxygen atoms in total. The van der Waals surface area contributed by atoms with E-state index < -0.39 is 60.8 Å². The number of nitrogens with zero attached hydrogens (tertiary/aromatic N) is 1. The second-order valence-corrected chi connectivity index (χ2v) is 8.42. The Morgan fingerprint density at radius 1 is 1.43 bits per heavy atom. The number of amides is 1. The molecule has 30 heavy (non-hydrogen) atoms. The fourth-order valence-electron chi connectivity index (χ4n) is 5.04. The van der Waals surface area contributed by atoms with Gasteiger partial charge in [-0.05, 0) is 12.1 Å². The molecule has 0 bridgehead atoms. The molecule has 2 saturated heterocycles. The number of carbonyl (C=O) groups is 2. The number of hydrogen-bond acceptors (Lipinski definition) is 6. The maximum Gasteiger partial charge on any atom is 0.347 e. The molecule has 11 heteroatoms. The number of anilines is 1. The lowest BCUT2D eigenvalue weighted by atomic mass is 9.74. The molecule has 3 heterocycles. The van der Waals surface area contributed by atoms with Gasteiger partial charge in [0.15, 0.2) is 0 Å². The maximum atomic E-state index is 14.5. The summed E-state index contributed by atoms with van der Waals surface area (Å²) in [6.45, 7) is 1.90. The van der Waals surface area contributed by atoms with Gasteiger partial charge in [-0.25, -0.2) is 13.6 Å². The molecule has 1 aromatic carbocycles. The normalized spacial score (nSPS) is 31.5. The molecule has 1 aromatic rings. The topological polar surface area (TPSA) is 88.1 Å². The lowest BCUT2D eigenvalue weighted by Crippen LogP contribution is -2.53. The molecule has 0 radical (unpaired) electrons. The third-order valence-corrected chi connectivity index (χ3v) is 6.51. The Bertz CT molecular complexity index is 930. The molecule has 1 unspecified atom stereocenters. The number of nitrogens with one attached hydrogen (secondary N) is 1. The predicted molar refractivity (Wildman–Crippen MR) is 103 cm³/mol. The summed E-state index contributed by atoms with van der Waals surface area (Å²) >= 11 is 12.4. The molecule has 3 aliphatic heterocycles. The number of rotatable bonds is 5. The molecule has 2 N–H and O–H groups in total. The first-order chi connectivity index (χ1) is 14.2. The van der Waals surface area contributed by atoms with Gasteiger partial charge >= 0.3 is 5.97 Å². The monoisotopic (exact) mass is 462 g/mol. The van der Waals surface area contributed by atoms with E-state index >= 15 is 0 Å². The van der Waals surface area contributed by atoms with Crippen LogP contribution < -0.4 is 5.32 Å². The van der Waals surface area contributed by atoms with Gasteiger partial charge in [0.1, 0.15) is 12.1 Å². The SMILES string of the molecule is C=CCOOC(=O)[C@@H]1C2CC(F)(F)CN2[C@@]2(C(=O)Nc3c(Cl)cc(Cl)cc32)[C@@H]1CO. The number of aliphatic hydroxyl groups excluding tert-OH is 1. The lowest BCUT2D eigenvalue weighted by molar-refractivity contribution is -0.271. The minimum atomic E-state index is -3.15. The zero-order chi connectivity index (χ0) is 21.8. The van der Waals surface area contributed by atoms with Gasteiger partial charge in [0, 0.05) is 35.6 Å². The number of alkyl halides is 2. The minimum absolute atomic E-state index is 0.105. The smallest absolute Gasteiger partial charge is 0.347 e. The largest absolute Gasteiger partial charge is 0.396 e. The van der Waals surface area contributed by atoms with Crippen LogP contribution in [-0.2, 0) is 24.9 Å². The summed E-state index contributed by atoms with van der Waals surface area (Å²) in [7, 11) is 0. The van der Waals surface area contributed by atoms with Crippen LogP contribution in [0.5, 0.6) is 0 Å². The highest BCUT2D eigenvalue weighted by Crippen LogP contribution is 2.60. The first-order valence-corrected chi connectivity index (χ1v) is 9.93. The van der Waals surface area contributed by atoms with Crippen LogP contribution in [0.1, 0.15) is 12.0 Å². The predicted octanol–water partition coefficient (Wildman–Crippen LogP) is 2.75. The zero-order valence-corrected chi connectivity index (χ0v) is 17.1. The number of hydrogen-bond donors (Lipinski definition) is 2. The number of halogens is 4. The second kappa shape index (κ2) is 7.42. The molecule has 2 fully saturated rings. The molecular formula is C19H18Cl2F2N2O5. The van der Waals surface area contributed by atoms with Gasteiger partial charge < -0.3 is 10.4 Å². The van der Waals surface area contributed by atoms with E-state index in [4.69, 9.17) is 33.0 Å². The highest BCUT2D eigenvalue weighted by molar-refractivity contribution is 6.37. The Hall–Kier alpha value is -1.78. The molecule has 162 valence electrons. The van der Waals surface area contributed by atoms with E-state index in [1.807, 2.05) is 0 Å². The van der Waals surface area contributed by atoms with Crippen molar-refractivity contribution in [1.82, 2.24) is 4.90 Å². The van der Waals surface area contributed by atoms with Gasteiger partial charge in [0.25, 0.3) is 5.92 Å². The van der Waals surface area contributed by atoms with E-state index in [2.05, 4.69) is 11.9 Å². The van der Waals surface area contributed by atoms with Gasteiger partial charge in [-0.2, -0.15) is 4.89 Å². The van der Waals surface area contributed by atoms with Crippen molar-refractivity contribution in [3.05, 3.63) is 40.4 Å². The summed E-state index contributed by atoms with van der Waals surface area (Å²) in [6.07, 6.45) is 0.664. The van der Waals surface area contributed by atoms with Gasteiger partial charge in [0.2, 0.25) is 5.91 Å². The van der Waals surface area contributed by atoms with Crippen LogP contribution in [0.4, 0.5) is 14.5 Å². The number of aliphatic hydroxyl groups is 1. The standard InChI is InChI=1S/C19H18Cl2F2N2O5/c1-2-3-29-30-16(27)14-11(7-26)19(25-8-18(22,23)6-13(14)25)10-4-9(20)5-12(21)15(10)24-17(19)28/h2,4-5,11,13-14,26H,1,3,6-8H2,(H,24,28)/t11-,13?,14+,19-/m1/s1. The van der Waals surface area contributed by atoms with Crippen molar-refractivity contribution in [2.75, 3.05) is 25.1 Å². The fraction of sp³-hybridized carbons (Fsp3) is 0.474. The van der Waals surface area contributed by atoms with Crippen molar-refractivity contribution in [1.29, 1.82) is 0 Å². The van der Waals surface area contributed by atoms with Crippen molar-refractivity contribution in [2.24, 2.45) is 11.8 Å². The summed E-state index contributed by atoms with van der Waals surface area (Å²) in [5.74, 6) is -7.10. The number of fused-ring (bicyclic) bond motifs is 4. The highest BCUT2D eigenvalue weighted by Gasteiger charge is 2.72. The van der Waals surface area contributed by atoms with Crippen molar-refractivity contribution < 1.29 is 33.3 Å². The van der Waals surface area contributed by atoms with Crippen LogP contribution in [0.25, 0.3) is 0 Å². The average Bonchev–Trinajstić information content (AvgIpc) is 3.22. The van der Waals surface area contributed by atoms with Crippen LogP contribution in [0.3, 0.4) is 0 Å². The Balaban J connectivity index is 1.87. The Kier molecular flexibility index (Phi) is 5.31. The quantitative estimate of drug-likeness (QED) is 0.302. The molecule has 4 atom stereocenters. The van der Waals surface area contributed by atoms with Crippen molar-refractivity contribution >= 4 is 40.8 Å². The van der Waals surface area contributed by atoms with Crippen molar-refractivity contribution in [3.8, 4) is 0 Å². The molecule has 1 amide bonds. The van der Waals surface area contributed by atoms with E-state index in [-0.39, 0.29) is 27.9 Å². The number of benzene rings is 1. The van der Waals surface area contributed by atoms with Crippen LogP contribution >= 0.6 is 23.2 Å². The van der Waals surface area contributed by atoms with Gasteiger partial charge in [-0.1, -0.05) is 29.3 Å². The van der Waals surface area contributed by atoms with Crippen LogP contribution in [-0.4, -0.2) is 53.6 Å². The first-order valence-electron chi connectivity index (χ1n) is 9.18. The molecule has 4 rings (SSSR count). The van der Waals surface area contributed by atoms with Gasteiger partial charge in [0.05, 0.1) is 23.2 Å². The van der Waals surface area contributed by atoms with Crippen LogP contribution in [0.15, 0.2) is 24.8 Å². The highest BCUT2D eigenvalue weighted by atomic mass is 35.5. The summed E-state index contributed by atoms with van der Waals surface area (Å²) in [5.41, 5.74) is -1.30. The minimum Gasteiger partial charge on any atom is -0.396 e. The lowest BCUT2D eigenvalue weighted by Gasteiger charge is -2.36.